The van der Waals surface area contributed by atoms with Gasteiger partial charge in [0, 0.05) is 12.4 Å². The number of carbonyl (C=O) groups is 1. The smallest absolute Gasteiger partial charge is 0.226 e. The summed E-state index contributed by atoms with van der Waals surface area (Å²) in [6.07, 6.45) is 3.80. The molecule has 3 aromatic rings. The maximum Gasteiger partial charge on any atom is 0.226 e. The van der Waals surface area contributed by atoms with E-state index < -0.39 is 5.82 Å². The van der Waals surface area contributed by atoms with Crippen LogP contribution in [-0.2, 0) is 4.79 Å². The number of nitrogens with zero attached hydrogens (tertiary/aromatic N) is 1. The molecular weight excluding hydrogens is 346 g/mol. The quantitative estimate of drug-likeness (QED) is 0.679. The Morgan fingerprint density at radius 2 is 1.68 bits per heavy atom. The molecule has 0 aliphatic rings. The number of rotatable bonds is 5. The Morgan fingerprint density at radius 1 is 1.04 bits per heavy atom. The number of amides is 1. The number of carbonyl (C=O) groups excluding carboxylic acids is 1. The first-order valence-electron chi connectivity index (χ1n) is 7.66. The normalized spacial score (nSPS) is 12.0. The Morgan fingerprint density at radius 3 is 2.32 bits per heavy atom. The number of anilines is 1. The maximum atomic E-state index is 13.2. The van der Waals surface area contributed by atoms with Gasteiger partial charge in [0.2, 0.25) is 5.91 Å². The molecule has 0 aliphatic carbocycles. The Kier molecular flexibility index (Phi) is 5.14. The molecule has 0 saturated carbocycles. The minimum atomic E-state index is -0.473. The number of hydrogen-bond acceptors (Lipinski definition) is 1. The second-order valence-corrected chi connectivity index (χ2v) is 5.98. The van der Waals surface area contributed by atoms with Crippen molar-refractivity contribution in [1.29, 1.82) is 0 Å². The van der Waals surface area contributed by atoms with Gasteiger partial charge in [-0.25, -0.2) is 8.78 Å². The second kappa shape index (κ2) is 7.49. The minimum Gasteiger partial charge on any atom is -0.346 e. The lowest BCUT2D eigenvalue weighted by atomic mass is 10.0. The van der Waals surface area contributed by atoms with E-state index in [1.54, 1.807) is 12.1 Å². The Bertz CT molecular complexity index is 864. The van der Waals surface area contributed by atoms with E-state index in [0.29, 0.717) is 5.69 Å². The molecule has 128 valence electrons. The van der Waals surface area contributed by atoms with Crippen LogP contribution in [0.15, 0.2) is 67.0 Å². The molecule has 0 saturated heterocycles. The molecule has 6 heteroatoms. The molecule has 25 heavy (non-hydrogen) atoms. The molecule has 0 fully saturated rings. The van der Waals surface area contributed by atoms with Gasteiger partial charge in [0.05, 0.1) is 23.2 Å². The summed E-state index contributed by atoms with van der Waals surface area (Å²) < 4.78 is 28.2. The predicted octanol–water partition coefficient (Wildman–Crippen LogP) is 5.04. The molecule has 1 heterocycles. The van der Waals surface area contributed by atoms with Gasteiger partial charge in [0.1, 0.15) is 11.6 Å². The minimum absolute atomic E-state index is 0.119. The largest absolute Gasteiger partial charge is 0.346 e. The second-order valence-electron chi connectivity index (χ2n) is 5.57. The van der Waals surface area contributed by atoms with Crippen molar-refractivity contribution in [1.82, 2.24) is 4.57 Å². The molecule has 0 bridgehead atoms. The molecule has 0 spiro atoms. The zero-order valence-electron chi connectivity index (χ0n) is 13.1. The molecular formula is C19H15ClF2N2O. The van der Waals surface area contributed by atoms with Crippen molar-refractivity contribution in [3.05, 3.63) is 89.2 Å². The summed E-state index contributed by atoms with van der Waals surface area (Å²) in [5, 5.41) is 2.82. The van der Waals surface area contributed by atoms with Gasteiger partial charge in [-0.2, -0.15) is 0 Å². The van der Waals surface area contributed by atoms with E-state index in [1.807, 2.05) is 29.1 Å². The molecule has 0 aliphatic heterocycles. The van der Waals surface area contributed by atoms with Gasteiger partial charge in [0.25, 0.3) is 0 Å². The summed E-state index contributed by atoms with van der Waals surface area (Å²) in [7, 11) is 0. The number of nitrogens with one attached hydrogen (secondary N) is 1. The first kappa shape index (κ1) is 17.2. The van der Waals surface area contributed by atoms with Crippen LogP contribution >= 0.6 is 11.6 Å². The Labute approximate surface area is 148 Å². The van der Waals surface area contributed by atoms with Crippen molar-refractivity contribution < 1.29 is 13.6 Å². The highest BCUT2D eigenvalue weighted by Gasteiger charge is 2.18. The third-order valence-electron chi connectivity index (χ3n) is 3.83. The molecule has 3 nitrogen and oxygen atoms in total. The topological polar surface area (TPSA) is 34.0 Å². The van der Waals surface area contributed by atoms with Gasteiger partial charge in [-0.1, -0.05) is 23.7 Å². The average molecular weight is 361 g/mol. The van der Waals surface area contributed by atoms with Crippen LogP contribution in [0.25, 0.3) is 0 Å². The molecule has 1 aromatic heterocycles. The van der Waals surface area contributed by atoms with Gasteiger partial charge in [-0.3, -0.25) is 4.79 Å². The fourth-order valence-corrected chi connectivity index (χ4v) is 2.82. The van der Waals surface area contributed by atoms with Crippen molar-refractivity contribution >= 4 is 23.2 Å². The Hall–Kier alpha value is -2.66. The van der Waals surface area contributed by atoms with E-state index in [1.165, 1.54) is 24.3 Å². The van der Waals surface area contributed by atoms with Crippen LogP contribution in [0.1, 0.15) is 18.0 Å². The van der Waals surface area contributed by atoms with E-state index >= 15 is 0 Å². The van der Waals surface area contributed by atoms with Crippen LogP contribution in [0.3, 0.4) is 0 Å². The van der Waals surface area contributed by atoms with Crippen molar-refractivity contribution in [2.45, 2.75) is 12.5 Å². The molecule has 0 radical (unpaired) electrons. The summed E-state index contributed by atoms with van der Waals surface area (Å²) in [6, 6.07) is 13.2. The highest BCUT2D eigenvalue weighted by molar-refractivity contribution is 6.33. The highest BCUT2D eigenvalue weighted by Crippen LogP contribution is 2.26. The summed E-state index contributed by atoms with van der Waals surface area (Å²) >= 11 is 5.94. The van der Waals surface area contributed by atoms with E-state index in [9.17, 15) is 13.6 Å². The van der Waals surface area contributed by atoms with Crippen LogP contribution in [0.4, 0.5) is 14.5 Å². The van der Waals surface area contributed by atoms with Gasteiger partial charge < -0.3 is 9.88 Å². The number of halogens is 3. The Balaban J connectivity index is 1.80. The molecule has 0 unspecified atom stereocenters. The van der Waals surface area contributed by atoms with E-state index in [4.69, 9.17) is 11.6 Å². The zero-order chi connectivity index (χ0) is 17.8. The van der Waals surface area contributed by atoms with Crippen LogP contribution in [-0.4, -0.2) is 10.5 Å². The number of hydrogen-bond donors (Lipinski definition) is 1. The molecule has 1 atom stereocenters. The molecule has 1 amide bonds. The molecule has 2 aromatic carbocycles. The zero-order valence-corrected chi connectivity index (χ0v) is 13.9. The van der Waals surface area contributed by atoms with Crippen molar-refractivity contribution in [2.75, 3.05) is 5.32 Å². The molecule has 3 rings (SSSR count). The summed E-state index contributed by atoms with van der Waals surface area (Å²) in [4.78, 5) is 12.4. The van der Waals surface area contributed by atoms with Crippen molar-refractivity contribution in [3.63, 3.8) is 0 Å². The molecule has 1 N–H and O–H groups in total. The SMILES string of the molecule is O=C(C[C@@H](c1ccc(F)cc1)n1cccc1)Nc1ccc(F)cc1Cl. The predicted molar refractivity (Wildman–Crippen MR) is 93.6 cm³/mol. The third kappa shape index (κ3) is 4.25. The number of aromatic nitrogens is 1. The van der Waals surface area contributed by atoms with Crippen LogP contribution in [0.2, 0.25) is 5.02 Å². The average Bonchev–Trinajstić information content (AvgIpc) is 3.10. The van der Waals surface area contributed by atoms with Gasteiger partial charge >= 0.3 is 0 Å². The van der Waals surface area contributed by atoms with E-state index in [0.717, 1.165) is 11.6 Å². The number of benzene rings is 2. The van der Waals surface area contributed by atoms with Gasteiger partial charge in [0.15, 0.2) is 0 Å². The fourth-order valence-electron chi connectivity index (χ4n) is 2.60. The summed E-state index contributed by atoms with van der Waals surface area (Å²) in [5.41, 5.74) is 1.15. The van der Waals surface area contributed by atoms with Crippen molar-refractivity contribution in [3.8, 4) is 0 Å². The first-order valence-corrected chi connectivity index (χ1v) is 8.03. The van der Waals surface area contributed by atoms with Crippen LogP contribution in [0.5, 0.6) is 0 Å². The lowest BCUT2D eigenvalue weighted by molar-refractivity contribution is -0.116. The monoisotopic (exact) mass is 360 g/mol. The maximum absolute atomic E-state index is 13.2. The van der Waals surface area contributed by atoms with Gasteiger partial charge in [-0.05, 0) is 48.0 Å². The van der Waals surface area contributed by atoms with E-state index in [2.05, 4.69) is 5.32 Å². The van der Waals surface area contributed by atoms with Crippen molar-refractivity contribution in [2.24, 2.45) is 0 Å². The summed E-state index contributed by atoms with van der Waals surface area (Å²) in [6.45, 7) is 0. The lowest BCUT2D eigenvalue weighted by Gasteiger charge is -2.19. The highest BCUT2D eigenvalue weighted by atomic mass is 35.5. The van der Waals surface area contributed by atoms with Gasteiger partial charge in [-0.15, -0.1) is 0 Å². The van der Waals surface area contributed by atoms with E-state index in [-0.39, 0.29) is 29.2 Å². The standard InChI is InChI=1S/C19H15ClF2N2O/c20-16-11-15(22)7-8-17(16)23-19(25)12-18(24-9-1-2-10-24)13-3-5-14(21)6-4-13/h1-11,18H,12H2,(H,23,25)/t18-/m0/s1. The fraction of sp³-hybridized carbons (Fsp3) is 0.105. The van der Waals surface area contributed by atoms with Crippen LogP contribution in [0, 0.1) is 11.6 Å². The lowest BCUT2D eigenvalue weighted by Crippen LogP contribution is -2.19. The van der Waals surface area contributed by atoms with Crippen LogP contribution < -0.4 is 5.32 Å². The first-order chi connectivity index (χ1) is 12.0. The third-order valence-corrected chi connectivity index (χ3v) is 4.14. The summed E-state index contributed by atoms with van der Waals surface area (Å²) in [5.74, 6) is -1.09.